The van der Waals surface area contributed by atoms with E-state index in [1.165, 1.54) is 6.92 Å². The molecule has 0 radical (unpaired) electrons. The number of alkyl halides is 3. The summed E-state index contributed by atoms with van der Waals surface area (Å²) in [7, 11) is 1.60. The Kier molecular flexibility index (Phi) is 12.3. The molecule has 1 aliphatic heterocycles. The van der Waals surface area contributed by atoms with Crippen LogP contribution in [-0.2, 0) is 57.1 Å². The van der Waals surface area contributed by atoms with Crippen molar-refractivity contribution in [3.05, 3.63) is 0 Å². The SMILES string of the molecule is CCC[C@@]1(NC(=O)OCC(Cl)(Cl)Cl)[C@@]([O-])(C(=O)OC)O[C@H](COC(C)=O)[C@@H](OC(C)=O)[C@@]1(OC(C)=O)C(=O)OC. The highest BCUT2D eigenvalue weighted by Crippen LogP contribution is 2.50. The molecule has 0 aromatic carbocycles. The van der Waals surface area contributed by atoms with Crippen LogP contribution in [0.3, 0.4) is 0 Å². The molecule has 0 saturated carbocycles. The number of hydrogen-bond acceptors (Lipinski definition) is 14. The van der Waals surface area contributed by atoms with E-state index in [1.54, 1.807) is 0 Å². The lowest BCUT2D eigenvalue weighted by Gasteiger charge is -2.64. The maximum atomic E-state index is 14.6. The van der Waals surface area contributed by atoms with Crippen LogP contribution in [0.25, 0.3) is 0 Å². The van der Waals surface area contributed by atoms with E-state index in [9.17, 15) is 33.9 Å². The van der Waals surface area contributed by atoms with Gasteiger partial charge in [-0.05, 0) is 6.42 Å². The molecule has 0 aromatic rings. The molecule has 1 saturated heterocycles. The van der Waals surface area contributed by atoms with E-state index < -0.39 is 88.5 Å². The Balaban J connectivity index is 4.26. The highest BCUT2D eigenvalue weighted by atomic mass is 35.6. The number of halogens is 3. The molecular weight excluding hydrogens is 609 g/mol. The quantitative estimate of drug-likeness (QED) is 0.193. The fourth-order valence-electron chi connectivity index (χ4n) is 4.32. The minimum Gasteiger partial charge on any atom is -0.818 e. The Morgan fingerprint density at radius 1 is 0.925 bits per heavy atom. The fraction of sp³-hybridized carbons (Fsp3) is 0.727. The predicted octanol–water partition coefficient (Wildman–Crippen LogP) is 0.220. The second kappa shape index (κ2) is 13.9. The van der Waals surface area contributed by atoms with E-state index in [0.29, 0.717) is 0 Å². The Hall–Kier alpha value is -2.59. The Morgan fingerprint density at radius 2 is 1.50 bits per heavy atom. The summed E-state index contributed by atoms with van der Waals surface area (Å²) in [5.41, 5.74) is -6.23. The van der Waals surface area contributed by atoms with Gasteiger partial charge in [0.2, 0.25) is 3.79 Å². The first kappa shape index (κ1) is 35.4. The van der Waals surface area contributed by atoms with Crippen LogP contribution in [0.4, 0.5) is 4.79 Å². The van der Waals surface area contributed by atoms with Crippen molar-refractivity contribution in [3.63, 3.8) is 0 Å². The lowest BCUT2D eigenvalue weighted by Crippen LogP contribution is -2.92. The van der Waals surface area contributed by atoms with Crippen molar-refractivity contribution in [3.8, 4) is 0 Å². The lowest BCUT2D eigenvalue weighted by molar-refractivity contribution is -0.582. The summed E-state index contributed by atoms with van der Waals surface area (Å²) in [4.78, 5) is 76.2. The first-order chi connectivity index (χ1) is 18.4. The van der Waals surface area contributed by atoms with Crippen LogP contribution in [0, 0.1) is 0 Å². The van der Waals surface area contributed by atoms with Crippen molar-refractivity contribution < 1.29 is 67.0 Å². The molecule has 228 valence electrons. The molecule has 18 heteroatoms. The van der Waals surface area contributed by atoms with Crippen molar-refractivity contribution in [1.82, 2.24) is 5.32 Å². The van der Waals surface area contributed by atoms with Gasteiger partial charge in [-0.25, -0.2) is 9.59 Å². The molecule has 0 unspecified atom stereocenters. The van der Waals surface area contributed by atoms with Gasteiger partial charge in [0.1, 0.15) is 30.6 Å². The number of methoxy groups -OCH3 is 2. The Morgan fingerprint density at radius 3 is 1.93 bits per heavy atom. The van der Waals surface area contributed by atoms with E-state index in [-0.39, 0.29) is 6.42 Å². The Bertz CT molecular complexity index is 1000. The van der Waals surface area contributed by atoms with Crippen LogP contribution in [-0.4, -0.2) is 96.3 Å². The summed E-state index contributed by atoms with van der Waals surface area (Å²) < 4.78 is 33.4. The zero-order valence-electron chi connectivity index (χ0n) is 22.3. The fourth-order valence-corrected chi connectivity index (χ4v) is 4.48. The van der Waals surface area contributed by atoms with Crippen LogP contribution >= 0.6 is 34.8 Å². The molecule has 1 aliphatic rings. The number of amides is 1. The maximum Gasteiger partial charge on any atom is 0.407 e. The number of nitrogens with one attached hydrogen (secondary N) is 1. The molecule has 1 fully saturated rings. The minimum atomic E-state index is -3.69. The summed E-state index contributed by atoms with van der Waals surface area (Å²) >= 11 is 16.9. The van der Waals surface area contributed by atoms with Crippen molar-refractivity contribution in [2.45, 2.75) is 73.5 Å². The molecule has 0 spiro atoms. The van der Waals surface area contributed by atoms with Gasteiger partial charge in [-0.15, -0.1) is 0 Å². The zero-order chi connectivity index (χ0) is 31.1. The molecule has 1 N–H and O–H groups in total. The van der Waals surface area contributed by atoms with E-state index in [1.807, 2.05) is 0 Å². The number of hydrogen-bond donors (Lipinski definition) is 1. The summed E-state index contributed by atoms with van der Waals surface area (Å²) in [5, 5.41) is 16.7. The van der Waals surface area contributed by atoms with Gasteiger partial charge in [0.05, 0.1) is 14.2 Å². The normalized spacial score (nSPS) is 27.9. The maximum absolute atomic E-state index is 14.6. The topological polar surface area (TPSA) is 202 Å². The Labute approximate surface area is 243 Å². The first-order valence-electron chi connectivity index (χ1n) is 11.4. The van der Waals surface area contributed by atoms with Gasteiger partial charge in [-0.2, -0.15) is 0 Å². The van der Waals surface area contributed by atoms with Crippen molar-refractivity contribution in [1.29, 1.82) is 0 Å². The third kappa shape index (κ3) is 7.37. The second-order valence-electron chi connectivity index (χ2n) is 8.39. The van der Waals surface area contributed by atoms with Crippen LogP contribution in [0.15, 0.2) is 0 Å². The van der Waals surface area contributed by atoms with Crippen molar-refractivity contribution >= 4 is 70.7 Å². The van der Waals surface area contributed by atoms with Gasteiger partial charge in [0, 0.05) is 20.8 Å². The molecule has 40 heavy (non-hydrogen) atoms. The summed E-state index contributed by atoms with van der Waals surface area (Å²) in [6, 6.07) is 0. The lowest BCUT2D eigenvalue weighted by atomic mass is 9.63. The predicted molar refractivity (Wildman–Crippen MR) is 131 cm³/mol. The van der Waals surface area contributed by atoms with Gasteiger partial charge >= 0.3 is 35.9 Å². The minimum absolute atomic E-state index is 0.128. The van der Waals surface area contributed by atoms with Crippen LogP contribution in [0.1, 0.15) is 40.5 Å². The molecule has 0 bridgehead atoms. The average molecular weight is 638 g/mol. The van der Waals surface area contributed by atoms with Crippen molar-refractivity contribution in [2.24, 2.45) is 0 Å². The molecular formula is C22H29Cl3NO14-. The van der Waals surface area contributed by atoms with Crippen LogP contribution < -0.4 is 10.4 Å². The van der Waals surface area contributed by atoms with Gasteiger partial charge in [-0.3, -0.25) is 19.2 Å². The molecule has 15 nitrogen and oxygen atoms in total. The summed E-state index contributed by atoms with van der Waals surface area (Å²) in [5.74, 6) is -10.3. The third-order valence-corrected chi connectivity index (χ3v) is 5.88. The van der Waals surface area contributed by atoms with Crippen LogP contribution in [0.5, 0.6) is 0 Å². The highest BCUT2D eigenvalue weighted by molar-refractivity contribution is 6.67. The first-order valence-corrected chi connectivity index (χ1v) is 12.6. The van der Waals surface area contributed by atoms with Crippen LogP contribution in [0.2, 0.25) is 0 Å². The number of alkyl carbamates (subject to hydrolysis) is 1. The zero-order valence-corrected chi connectivity index (χ0v) is 24.6. The summed E-state index contributed by atoms with van der Waals surface area (Å²) in [6.45, 7) is 2.34. The monoisotopic (exact) mass is 636 g/mol. The van der Waals surface area contributed by atoms with E-state index in [2.05, 4.69) is 10.1 Å². The van der Waals surface area contributed by atoms with Gasteiger partial charge in [-0.1, -0.05) is 48.1 Å². The van der Waals surface area contributed by atoms with Gasteiger partial charge in [0.25, 0.3) is 5.60 Å². The molecule has 5 atom stereocenters. The molecule has 1 amide bonds. The van der Waals surface area contributed by atoms with E-state index >= 15 is 0 Å². The molecule has 1 heterocycles. The summed E-state index contributed by atoms with van der Waals surface area (Å²) in [6.07, 6.45) is -6.53. The number of ether oxygens (including phenoxy) is 7. The number of carbonyl (C=O) groups excluding carboxylic acids is 6. The molecule has 0 aromatic heterocycles. The van der Waals surface area contributed by atoms with E-state index in [0.717, 1.165) is 35.0 Å². The standard InChI is InChI=1S/C22H29Cl3NO14/c1-7-8-19(26-18(32)37-10-20(23,24)25)21(16(30)34-5,39-13(4)29)15(38-12(3)28)14(9-36-11(2)27)40-22(19,33)17(31)35-6/h14-15H,7-10H2,1-6H3,(H,26,32)/q-1/t14-,15-,19+,21-,22-/m1/s1. The number of esters is 5. The highest BCUT2D eigenvalue weighted by Gasteiger charge is 2.78. The molecule has 0 aliphatic carbocycles. The molecule has 1 rings (SSSR count). The van der Waals surface area contributed by atoms with Gasteiger partial charge < -0.3 is 43.6 Å². The average Bonchev–Trinajstić information content (AvgIpc) is 2.84. The van der Waals surface area contributed by atoms with Crippen molar-refractivity contribution in [2.75, 3.05) is 27.4 Å². The number of rotatable bonds is 10. The van der Waals surface area contributed by atoms with E-state index in [4.69, 9.17) is 63.2 Å². The smallest absolute Gasteiger partial charge is 0.407 e. The second-order valence-corrected chi connectivity index (χ2v) is 10.9. The van der Waals surface area contributed by atoms with Gasteiger partial charge in [0.15, 0.2) is 6.10 Å². The third-order valence-electron chi connectivity index (χ3n) is 5.55. The largest absolute Gasteiger partial charge is 0.818 e. The number of carbonyl (C=O) groups is 6.